The molecular formula is C16H18ClNO2. The van der Waals surface area contributed by atoms with Crippen molar-refractivity contribution in [3.63, 3.8) is 0 Å². The molecule has 0 saturated heterocycles. The van der Waals surface area contributed by atoms with Crippen LogP contribution in [-0.4, -0.2) is 16.7 Å². The smallest absolute Gasteiger partial charge is 0.119 e. The van der Waals surface area contributed by atoms with Gasteiger partial charge in [-0.25, -0.2) is 0 Å². The lowest BCUT2D eigenvalue weighted by molar-refractivity contribution is 0.178. The summed E-state index contributed by atoms with van der Waals surface area (Å²) in [5.74, 6) is 0.782. The third kappa shape index (κ3) is 3.95. The minimum Gasteiger partial charge on any atom is -0.494 e. The molecule has 1 atom stereocenters. The SMILES string of the molecule is CCCOc1cccc(C(O)Cc2ccncc2Cl)c1. The Bertz CT molecular complexity index is 560. The molecule has 20 heavy (non-hydrogen) atoms. The van der Waals surface area contributed by atoms with Crippen molar-refractivity contribution in [3.05, 3.63) is 58.9 Å². The lowest BCUT2D eigenvalue weighted by Gasteiger charge is -2.13. The van der Waals surface area contributed by atoms with Gasteiger partial charge in [0.1, 0.15) is 5.75 Å². The van der Waals surface area contributed by atoms with Crippen molar-refractivity contribution in [2.24, 2.45) is 0 Å². The molecule has 2 aromatic rings. The summed E-state index contributed by atoms with van der Waals surface area (Å²) < 4.78 is 5.57. The molecule has 0 bridgehead atoms. The summed E-state index contributed by atoms with van der Waals surface area (Å²) >= 11 is 6.06. The van der Waals surface area contributed by atoms with Gasteiger partial charge in [-0.1, -0.05) is 30.7 Å². The van der Waals surface area contributed by atoms with E-state index in [1.54, 1.807) is 12.4 Å². The predicted octanol–water partition coefficient (Wildman–Crippen LogP) is 3.80. The molecule has 0 aliphatic heterocycles. The minimum atomic E-state index is -0.611. The van der Waals surface area contributed by atoms with E-state index in [1.807, 2.05) is 30.3 Å². The number of nitrogens with zero attached hydrogens (tertiary/aromatic N) is 1. The fraction of sp³-hybridized carbons (Fsp3) is 0.312. The number of ether oxygens (including phenoxy) is 1. The molecule has 1 unspecified atom stereocenters. The van der Waals surface area contributed by atoms with E-state index in [1.165, 1.54) is 0 Å². The second-order valence-electron chi connectivity index (χ2n) is 4.61. The van der Waals surface area contributed by atoms with E-state index in [2.05, 4.69) is 11.9 Å². The van der Waals surface area contributed by atoms with Crippen molar-refractivity contribution >= 4 is 11.6 Å². The first-order valence-corrected chi connectivity index (χ1v) is 7.07. The molecule has 1 aromatic heterocycles. The van der Waals surface area contributed by atoms with E-state index in [-0.39, 0.29) is 0 Å². The number of rotatable bonds is 6. The van der Waals surface area contributed by atoms with Crippen LogP contribution < -0.4 is 4.74 Å². The highest BCUT2D eigenvalue weighted by Gasteiger charge is 2.11. The van der Waals surface area contributed by atoms with E-state index in [9.17, 15) is 5.11 Å². The van der Waals surface area contributed by atoms with Crippen molar-refractivity contribution in [3.8, 4) is 5.75 Å². The Balaban J connectivity index is 2.09. The number of benzene rings is 1. The van der Waals surface area contributed by atoms with Gasteiger partial charge >= 0.3 is 0 Å². The maximum Gasteiger partial charge on any atom is 0.119 e. The summed E-state index contributed by atoms with van der Waals surface area (Å²) in [6, 6.07) is 9.36. The lowest BCUT2D eigenvalue weighted by atomic mass is 10.0. The van der Waals surface area contributed by atoms with Gasteiger partial charge in [0.05, 0.1) is 17.7 Å². The summed E-state index contributed by atoms with van der Waals surface area (Å²) in [4.78, 5) is 3.94. The summed E-state index contributed by atoms with van der Waals surface area (Å²) in [7, 11) is 0. The average molecular weight is 292 g/mol. The van der Waals surface area contributed by atoms with Crippen LogP contribution in [0, 0.1) is 0 Å². The van der Waals surface area contributed by atoms with Crippen molar-refractivity contribution in [2.45, 2.75) is 25.9 Å². The maximum absolute atomic E-state index is 10.3. The molecule has 0 aliphatic rings. The molecule has 4 heteroatoms. The number of halogens is 1. The molecule has 0 fully saturated rings. The molecule has 0 radical (unpaired) electrons. The Morgan fingerprint density at radius 3 is 2.95 bits per heavy atom. The van der Waals surface area contributed by atoms with Crippen molar-refractivity contribution in [1.82, 2.24) is 4.98 Å². The molecule has 106 valence electrons. The number of hydrogen-bond donors (Lipinski definition) is 1. The predicted molar refractivity (Wildman–Crippen MR) is 80.1 cm³/mol. The minimum absolute atomic E-state index is 0.457. The third-order valence-corrected chi connectivity index (χ3v) is 3.33. The van der Waals surface area contributed by atoms with Crippen molar-refractivity contribution in [2.75, 3.05) is 6.61 Å². The third-order valence-electron chi connectivity index (χ3n) is 2.99. The standard InChI is InChI=1S/C16H18ClNO2/c1-2-8-20-14-5-3-4-13(9-14)16(19)10-12-6-7-18-11-15(12)17/h3-7,9,11,16,19H,2,8,10H2,1H3. The maximum atomic E-state index is 10.3. The zero-order valence-corrected chi connectivity index (χ0v) is 12.2. The number of hydrogen-bond acceptors (Lipinski definition) is 3. The van der Waals surface area contributed by atoms with Crippen LogP contribution in [-0.2, 0) is 6.42 Å². The molecule has 1 aromatic carbocycles. The Kier molecular flexibility index (Phi) is 5.39. The zero-order valence-electron chi connectivity index (χ0n) is 11.4. The molecular weight excluding hydrogens is 274 g/mol. The average Bonchev–Trinajstić information content (AvgIpc) is 2.48. The highest BCUT2D eigenvalue weighted by atomic mass is 35.5. The highest BCUT2D eigenvalue weighted by Crippen LogP contribution is 2.25. The van der Waals surface area contributed by atoms with E-state index >= 15 is 0 Å². The molecule has 3 nitrogen and oxygen atoms in total. The van der Waals surface area contributed by atoms with Gasteiger partial charge < -0.3 is 9.84 Å². The number of aliphatic hydroxyl groups excluding tert-OH is 1. The van der Waals surface area contributed by atoms with Gasteiger partial charge in [-0.15, -0.1) is 0 Å². The van der Waals surface area contributed by atoms with Gasteiger partial charge in [-0.3, -0.25) is 4.98 Å². The monoisotopic (exact) mass is 291 g/mol. The largest absolute Gasteiger partial charge is 0.494 e. The molecule has 2 rings (SSSR count). The van der Waals surface area contributed by atoms with Crippen LogP contribution in [0.1, 0.15) is 30.6 Å². The van der Waals surface area contributed by atoms with Gasteiger partial charge in [0, 0.05) is 18.8 Å². The van der Waals surface area contributed by atoms with Crippen LogP contribution in [0.15, 0.2) is 42.7 Å². The van der Waals surface area contributed by atoms with Crippen molar-refractivity contribution < 1.29 is 9.84 Å². The summed E-state index contributed by atoms with van der Waals surface area (Å²) in [5, 5.41) is 10.9. The van der Waals surface area contributed by atoms with Crippen molar-refractivity contribution in [1.29, 1.82) is 0 Å². The Morgan fingerprint density at radius 2 is 2.20 bits per heavy atom. The fourth-order valence-corrected chi connectivity index (χ4v) is 2.12. The van der Waals surface area contributed by atoms with Crippen LogP contribution in [0.4, 0.5) is 0 Å². The van der Waals surface area contributed by atoms with E-state index in [4.69, 9.17) is 16.3 Å². The molecule has 1 N–H and O–H groups in total. The second-order valence-corrected chi connectivity index (χ2v) is 5.02. The van der Waals surface area contributed by atoms with Crippen LogP contribution in [0.25, 0.3) is 0 Å². The van der Waals surface area contributed by atoms with Crippen LogP contribution >= 0.6 is 11.6 Å². The second kappa shape index (κ2) is 7.27. The molecule has 0 aliphatic carbocycles. The van der Waals surface area contributed by atoms with Gasteiger partial charge in [0.15, 0.2) is 0 Å². The normalized spacial score (nSPS) is 12.2. The molecule has 0 amide bonds. The van der Waals surface area contributed by atoms with E-state index in [0.717, 1.165) is 23.3 Å². The number of aromatic nitrogens is 1. The van der Waals surface area contributed by atoms with Gasteiger partial charge in [0.2, 0.25) is 0 Å². The summed E-state index contributed by atoms with van der Waals surface area (Å²) in [6.07, 6.45) is 4.07. The number of pyridine rings is 1. The van der Waals surface area contributed by atoms with Crippen LogP contribution in [0.3, 0.4) is 0 Å². The van der Waals surface area contributed by atoms with E-state index < -0.39 is 6.10 Å². The van der Waals surface area contributed by atoms with Crippen LogP contribution in [0.2, 0.25) is 5.02 Å². The zero-order chi connectivity index (χ0) is 14.4. The first-order chi connectivity index (χ1) is 9.70. The topological polar surface area (TPSA) is 42.4 Å². The Labute approximate surface area is 124 Å². The van der Waals surface area contributed by atoms with Gasteiger partial charge in [-0.05, 0) is 35.7 Å². The fourth-order valence-electron chi connectivity index (χ4n) is 1.93. The quantitative estimate of drug-likeness (QED) is 0.880. The molecule has 0 spiro atoms. The first-order valence-electron chi connectivity index (χ1n) is 6.70. The van der Waals surface area contributed by atoms with Crippen LogP contribution in [0.5, 0.6) is 5.75 Å². The summed E-state index contributed by atoms with van der Waals surface area (Å²) in [5.41, 5.74) is 1.71. The molecule has 1 heterocycles. The number of aliphatic hydroxyl groups is 1. The van der Waals surface area contributed by atoms with Gasteiger partial charge in [0.25, 0.3) is 0 Å². The summed E-state index contributed by atoms with van der Waals surface area (Å²) in [6.45, 7) is 2.74. The lowest BCUT2D eigenvalue weighted by Crippen LogP contribution is -2.03. The first kappa shape index (κ1) is 14.8. The Hall–Kier alpha value is -1.58. The van der Waals surface area contributed by atoms with Gasteiger partial charge in [-0.2, -0.15) is 0 Å². The molecule has 0 saturated carbocycles. The Morgan fingerprint density at radius 1 is 1.35 bits per heavy atom. The highest BCUT2D eigenvalue weighted by molar-refractivity contribution is 6.31. The van der Waals surface area contributed by atoms with E-state index in [0.29, 0.717) is 18.1 Å².